The van der Waals surface area contributed by atoms with Crippen LogP contribution < -0.4 is 11.1 Å². The molecular weight excluding hydrogens is 250 g/mol. The summed E-state index contributed by atoms with van der Waals surface area (Å²) in [5, 5.41) is 11.3. The Balaban J connectivity index is 2.48. The molecule has 0 heterocycles. The second kappa shape index (κ2) is 5.90. The van der Waals surface area contributed by atoms with Crippen molar-refractivity contribution in [1.29, 1.82) is 0 Å². The molecule has 0 unspecified atom stereocenters. The maximum Gasteiger partial charge on any atom is 0.317 e. The van der Waals surface area contributed by atoms with Gasteiger partial charge in [0.2, 0.25) is 5.91 Å². The number of carbonyl (C=O) groups is 3. The predicted molar refractivity (Wildman–Crippen MR) is 68.4 cm³/mol. The Morgan fingerprint density at radius 2 is 1.95 bits per heavy atom. The van der Waals surface area contributed by atoms with Crippen LogP contribution in [0.5, 0.6) is 0 Å². The van der Waals surface area contributed by atoms with Crippen LogP contribution >= 0.6 is 0 Å². The van der Waals surface area contributed by atoms with Gasteiger partial charge in [0.15, 0.2) is 0 Å². The molecule has 4 N–H and O–H groups in total. The molecule has 1 rings (SSSR count). The first-order valence-electron chi connectivity index (χ1n) is 6.30. The Labute approximate surface area is 112 Å². The molecule has 1 aliphatic rings. The van der Waals surface area contributed by atoms with Crippen molar-refractivity contribution in [2.75, 3.05) is 13.1 Å². The molecule has 0 aromatic carbocycles. The van der Waals surface area contributed by atoms with Gasteiger partial charge in [0, 0.05) is 19.1 Å². The Hall–Kier alpha value is -1.79. The molecule has 7 nitrogen and oxygen atoms in total. The number of nitrogens with zero attached hydrogens (tertiary/aromatic N) is 1. The summed E-state index contributed by atoms with van der Waals surface area (Å²) in [5.74, 6) is -1.42. The van der Waals surface area contributed by atoms with Gasteiger partial charge in [-0.05, 0) is 26.7 Å². The maximum atomic E-state index is 12.0. The minimum absolute atomic E-state index is 0.0802. The minimum atomic E-state index is -0.934. The fraction of sp³-hybridized carbons (Fsp3) is 0.750. The Bertz CT molecular complexity index is 377. The summed E-state index contributed by atoms with van der Waals surface area (Å²) in [6.45, 7) is 3.61. The summed E-state index contributed by atoms with van der Waals surface area (Å²) in [5.41, 5.74) is 4.40. The molecule has 0 aromatic rings. The number of hydrogen-bond acceptors (Lipinski definition) is 3. The average Bonchev–Trinajstić information content (AvgIpc) is 3.10. The van der Waals surface area contributed by atoms with E-state index in [-0.39, 0.29) is 31.6 Å². The lowest BCUT2D eigenvalue weighted by molar-refractivity contribution is -0.137. The Morgan fingerprint density at radius 1 is 1.37 bits per heavy atom. The third-order valence-corrected chi connectivity index (χ3v) is 3.16. The van der Waals surface area contributed by atoms with Crippen molar-refractivity contribution in [3.8, 4) is 0 Å². The quantitative estimate of drug-likeness (QED) is 0.611. The SMILES string of the molecule is CC(C)(CNC(=O)N(CCC(=O)O)C1CC1)C(N)=O. The van der Waals surface area contributed by atoms with E-state index in [9.17, 15) is 14.4 Å². The predicted octanol–water partition coefficient (Wildman–Crippen LogP) is 0.147. The molecule has 0 aromatic heterocycles. The highest BCUT2D eigenvalue weighted by Gasteiger charge is 2.34. The molecule has 3 amide bonds. The van der Waals surface area contributed by atoms with Crippen LogP contribution in [0.15, 0.2) is 0 Å². The van der Waals surface area contributed by atoms with Gasteiger partial charge in [0.25, 0.3) is 0 Å². The molecule has 0 atom stereocenters. The van der Waals surface area contributed by atoms with Crippen molar-refractivity contribution in [2.45, 2.75) is 39.2 Å². The molecule has 108 valence electrons. The van der Waals surface area contributed by atoms with Crippen LogP contribution in [0.1, 0.15) is 33.1 Å². The molecule has 1 aliphatic carbocycles. The number of rotatable bonds is 7. The van der Waals surface area contributed by atoms with Crippen LogP contribution in [-0.2, 0) is 9.59 Å². The monoisotopic (exact) mass is 271 g/mol. The number of primary amides is 1. The molecule has 7 heteroatoms. The van der Waals surface area contributed by atoms with E-state index in [1.54, 1.807) is 13.8 Å². The first-order chi connectivity index (χ1) is 8.74. The van der Waals surface area contributed by atoms with Gasteiger partial charge in [0.1, 0.15) is 0 Å². The lowest BCUT2D eigenvalue weighted by Gasteiger charge is -2.26. The number of nitrogens with one attached hydrogen (secondary N) is 1. The number of carboxylic acids is 1. The summed E-state index contributed by atoms with van der Waals surface area (Å²) < 4.78 is 0. The summed E-state index contributed by atoms with van der Waals surface area (Å²) in [6, 6.07) is -0.214. The van der Waals surface area contributed by atoms with Crippen LogP contribution in [0.2, 0.25) is 0 Å². The van der Waals surface area contributed by atoms with Gasteiger partial charge in [0.05, 0.1) is 11.8 Å². The fourth-order valence-electron chi connectivity index (χ4n) is 1.54. The van der Waals surface area contributed by atoms with Gasteiger partial charge < -0.3 is 21.1 Å². The van der Waals surface area contributed by atoms with Crippen molar-refractivity contribution in [1.82, 2.24) is 10.2 Å². The summed E-state index contributed by atoms with van der Waals surface area (Å²) in [4.78, 5) is 35.2. The zero-order chi connectivity index (χ0) is 14.6. The summed E-state index contributed by atoms with van der Waals surface area (Å²) >= 11 is 0. The Kier molecular flexibility index (Phi) is 4.74. The number of urea groups is 1. The lowest BCUT2D eigenvalue weighted by Crippen LogP contribution is -2.48. The molecular formula is C12H21N3O4. The topological polar surface area (TPSA) is 113 Å². The van der Waals surface area contributed by atoms with Gasteiger partial charge in [-0.2, -0.15) is 0 Å². The molecule has 1 fully saturated rings. The number of amides is 3. The van der Waals surface area contributed by atoms with Gasteiger partial charge in [-0.25, -0.2) is 4.79 Å². The van der Waals surface area contributed by atoms with E-state index in [1.165, 1.54) is 4.90 Å². The van der Waals surface area contributed by atoms with Gasteiger partial charge in [-0.3, -0.25) is 9.59 Å². The van der Waals surface area contributed by atoms with Crippen molar-refractivity contribution in [2.24, 2.45) is 11.1 Å². The normalized spacial score (nSPS) is 14.8. The van der Waals surface area contributed by atoms with Gasteiger partial charge in [-0.1, -0.05) is 0 Å². The van der Waals surface area contributed by atoms with Crippen LogP contribution in [-0.4, -0.2) is 47.0 Å². The van der Waals surface area contributed by atoms with Crippen LogP contribution in [0, 0.1) is 5.41 Å². The number of carboxylic acid groups (broad SMARTS) is 1. The third-order valence-electron chi connectivity index (χ3n) is 3.16. The highest BCUT2D eigenvalue weighted by molar-refractivity contribution is 5.82. The van der Waals surface area contributed by atoms with E-state index in [2.05, 4.69) is 5.32 Å². The Morgan fingerprint density at radius 3 is 2.37 bits per heavy atom. The first-order valence-corrected chi connectivity index (χ1v) is 6.30. The van der Waals surface area contributed by atoms with E-state index in [1.807, 2.05) is 0 Å². The highest BCUT2D eigenvalue weighted by atomic mass is 16.4. The van der Waals surface area contributed by atoms with Crippen LogP contribution in [0.3, 0.4) is 0 Å². The molecule has 0 bridgehead atoms. The van der Waals surface area contributed by atoms with E-state index >= 15 is 0 Å². The molecule has 0 radical (unpaired) electrons. The third kappa shape index (κ3) is 4.76. The molecule has 0 aliphatic heterocycles. The standard InChI is InChI=1S/C12H21N3O4/c1-12(2,10(13)18)7-14-11(19)15(8-3-4-8)6-5-9(16)17/h8H,3-7H2,1-2H3,(H2,13,18)(H,14,19)(H,16,17). The smallest absolute Gasteiger partial charge is 0.317 e. The number of nitrogens with two attached hydrogens (primary N) is 1. The maximum absolute atomic E-state index is 12.0. The summed E-state index contributed by atoms with van der Waals surface area (Å²) in [6.07, 6.45) is 1.71. The van der Waals surface area contributed by atoms with Crippen LogP contribution in [0.4, 0.5) is 4.79 Å². The highest BCUT2D eigenvalue weighted by Crippen LogP contribution is 2.27. The van der Waals surface area contributed by atoms with Crippen molar-refractivity contribution in [3.63, 3.8) is 0 Å². The fourth-order valence-corrected chi connectivity index (χ4v) is 1.54. The van der Waals surface area contributed by atoms with Gasteiger partial charge >= 0.3 is 12.0 Å². The van der Waals surface area contributed by atoms with Crippen molar-refractivity contribution in [3.05, 3.63) is 0 Å². The zero-order valence-electron chi connectivity index (χ0n) is 11.3. The van der Waals surface area contributed by atoms with Crippen molar-refractivity contribution < 1.29 is 19.5 Å². The summed E-state index contributed by atoms with van der Waals surface area (Å²) in [7, 11) is 0. The average molecular weight is 271 g/mol. The van der Waals surface area contributed by atoms with Gasteiger partial charge in [-0.15, -0.1) is 0 Å². The largest absolute Gasteiger partial charge is 0.481 e. The molecule has 0 saturated heterocycles. The number of aliphatic carboxylic acids is 1. The number of hydrogen-bond donors (Lipinski definition) is 3. The second-order valence-electron chi connectivity index (χ2n) is 5.48. The van der Waals surface area contributed by atoms with E-state index < -0.39 is 17.3 Å². The number of carbonyl (C=O) groups excluding carboxylic acids is 2. The molecule has 0 spiro atoms. The first kappa shape index (κ1) is 15.3. The van der Waals surface area contributed by atoms with Crippen LogP contribution in [0.25, 0.3) is 0 Å². The van der Waals surface area contributed by atoms with E-state index in [4.69, 9.17) is 10.8 Å². The van der Waals surface area contributed by atoms with E-state index in [0.29, 0.717) is 0 Å². The minimum Gasteiger partial charge on any atom is -0.481 e. The molecule has 19 heavy (non-hydrogen) atoms. The lowest BCUT2D eigenvalue weighted by atomic mass is 9.93. The van der Waals surface area contributed by atoms with Crippen molar-refractivity contribution >= 4 is 17.9 Å². The second-order valence-corrected chi connectivity index (χ2v) is 5.48. The molecule has 1 saturated carbocycles. The van der Waals surface area contributed by atoms with E-state index in [0.717, 1.165) is 12.8 Å². The zero-order valence-corrected chi connectivity index (χ0v) is 11.3.